The Hall–Kier alpha value is -1.94. The molecule has 3 rings (SSSR count). The van der Waals surface area contributed by atoms with E-state index in [0.29, 0.717) is 17.6 Å². The number of aromatic nitrogens is 1. The summed E-state index contributed by atoms with van der Waals surface area (Å²) >= 11 is 0. The average molecular weight is 341 g/mol. The molecule has 1 aliphatic carbocycles. The van der Waals surface area contributed by atoms with Gasteiger partial charge >= 0.3 is 5.97 Å². The lowest BCUT2D eigenvalue weighted by Gasteiger charge is -2.28. The lowest BCUT2D eigenvalue weighted by Crippen LogP contribution is -2.24. The Morgan fingerprint density at radius 3 is 2.48 bits per heavy atom. The van der Waals surface area contributed by atoms with Gasteiger partial charge in [0, 0.05) is 18.7 Å². The van der Waals surface area contributed by atoms with Crippen molar-refractivity contribution in [3.05, 3.63) is 41.6 Å². The molecule has 4 heteroatoms. The van der Waals surface area contributed by atoms with Crippen molar-refractivity contribution in [2.45, 2.75) is 64.1 Å². The molecule has 0 unspecified atom stereocenters. The van der Waals surface area contributed by atoms with Crippen molar-refractivity contribution in [2.24, 2.45) is 0 Å². The Kier molecular flexibility index (Phi) is 5.09. The van der Waals surface area contributed by atoms with Crippen molar-refractivity contribution >= 4 is 16.9 Å². The van der Waals surface area contributed by atoms with Crippen molar-refractivity contribution in [1.82, 2.24) is 4.98 Å². The van der Waals surface area contributed by atoms with Crippen LogP contribution < -0.4 is 0 Å². The summed E-state index contributed by atoms with van der Waals surface area (Å²) < 4.78 is 11.0. The molecular formula is C21H27NO3. The van der Waals surface area contributed by atoms with Gasteiger partial charge in [-0.2, -0.15) is 0 Å². The second kappa shape index (κ2) is 7.12. The Morgan fingerprint density at radius 1 is 1.12 bits per heavy atom. The van der Waals surface area contributed by atoms with E-state index in [1.165, 1.54) is 5.56 Å². The second-order valence-corrected chi connectivity index (χ2v) is 7.85. The van der Waals surface area contributed by atoms with Gasteiger partial charge in [-0.15, -0.1) is 0 Å². The highest BCUT2D eigenvalue weighted by atomic mass is 16.6. The van der Waals surface area contributed by atoms with Crippen LogP contribution in [-0.4, -0.2) is 29.8 Å². The zero-order valence-corrected chi connectivity index (χ0v) is 15.5. The van der Waals surface area contributed by atoms with E-state index in [1.54, 1.807) is 19.4 Å². The van der Waals surface area contributed by atoms with Crippen LogP contribution in [0.3, 0.4) is 0 Å². The fourth-order valence-corrected chi connectivity index (χ4v) is 3.56. The number of pyridine rings is 1. The van der Waals surface area contributed by atoms with Gasteiger partial charge in [-0.1, -0.05) is 6.07 Å². The molecular weight excluding hydrogens is 314 g/mol. The molecule has 1 aromatic carbocycles. The number of carbonyl (C=O) groups excluding carboxylic acids is 1. The topological polar surface area (TPSA) is 48.4 Å². The molecule has 134 valence electrons. The third kappa shape index (κ3) is 4.18. The minimum Gasteiger partial charge on any atom is -0.456 e. The Bertz CT molecular complexity index is 755. The summed E-state index contributed by atoms with van der Waals surface area (Å²) in [6.45, 7) is 5.65. The van der Waals surface area contributed by atoms with Gasteiger partial charge in [-0.05, 0) is 76.1 Å². The number of methoxy groups -OCH3 is 1. The van der Waals surface area contributed by atoms with Crippen LogP contribution in [-0.2, 0) is 9.47 Å². The lowest BCUT2D eigenvalue weighted by molar-refractivity contribution is 0.00717. The van der Waals surface area contributed by atoms with Crippen LogP contribution in [0, 0.1) is 0 Å². The zero-order valence-electron chi connectivity index (χ0n) is 15.5. The molecule has 1 fully saturated rings. The summed E-state index contributed by atoms with van der Waals surface area (Å²) in [6.07, 6.45) is 6.47. The molecule has 1 aromatic heterocycles. The molecule has 0 bridgehead atoms. The maximum absolute atomic E-state index is 12.6. The van der Waals surface area contributed by atoms with E-state index in [9.17, 15) is 4.79 Å². The Balaban J connectivity index is 1.91. The van der Waals surface area contributed by atoms with Gasteiger partial charge in [0.25, 0.3) is 0 Å². The first-order chi connectivity index (χ1) is 11.9. The molecule has 0 N–H and O–H groups in total. The minimum atomic E-state index is -0.511. The number of ether oxygens (including phenoxy) is 2. The van der Waals surface area contributed by atoms with Crippen molar-refractivity contribution < 1.29 is 14.3 Å². The monoisotopic (exact) mass is 341 g/mol. The summed E-state index contributed by atoms with van der Waals surface area (Å²) in [7, 11) is 1.79. The van der Waals surface area contributed by atoms with E-state index in [4.69, 9.17) is 9.47 Å². The number of rotatable bonds is 3. The van der Waals surface area contributed by atoms with Gasteiger partial charge < -0.3 is 9.47 Å². The van der Waals surface area contributed by atoms with E-state index in [0.717, 1.165) is 36.6 Å². The Labute approximate surface area is 149 Å². The lowest BCUT2D eigenvalue weighted by atomic mass is 9.82. The second-order valence-electron chi connectivity index (χ2n) is 7.85. The third-order valence-electron chi connectivity index (χ3n) is 4.86. The van der Waals surface area contributed by atoms with Crippen molar-refractivity contribution in [3.63, 3.8) is 0 Å². The molecule has 0 saturated heterocycles. The van der Waals surface area contributed by atoms with Gasteiger partial charge in [0.05, 0.1) is 17.2 Å². The largest absolute Gasteiger partial charge is 0.456 e. The molecule has 0 atom stereocenters. The molecule has 2 aromatic rings. The van der Waals surface area contributed by atoms with E-state index in [2.05, 4.69) is 17.1 Å². The van der Waals surface area contributed by atoms with Crippen molar-refractivity contribution in [1.29, 1.82) is 0 Å². The van der Waals surface area contributed by atoms with Crippen LogP contribution in [0.2, 0.25) is 0 Å². The first kappa shape index (κ1) is 17.9. The van der Waals surface area contributed by atoms with Crippen LogP contribution in [0.15, 0.2) is 30.5 Å². The van der Waals surface area contributed by atoms with Crippen LogP contribution in [0.25, 0.3) is 10.9 Å². The van der Waals surface area contributed by atoms with E-state index < -0.39 is 5.60 Å². The number of benzene rings is 1. The molecule has 0 aliphatic heterocycles. The molecule has 1 saturated carbocycles. The number of esters is 1. The molecule has 4 nitrogen and oxygen atoms in total. The highest BCUT2D eigenvalue weighted by molar-refractivity contribution is 6.03. The molecule has 1 heterocycles. The van der Waals surface area contributed by atoms with Crippen LogP contribution in [0.4, 0.5) is 0 Å². The van der Waals surface area contributed by atoms with E-state index in [1.807, 2.05) is 26.8 Å². The predicted octanol–water partition coefficient (Wildman–Crippen LogP) is 4.86. The van der Waals surface area contributed by atoms with Gasteiger partial charge in [0.2, 0.25) is 0 Å². The maximum Gasteiger partial charge on any atom is 0.339 e. The first-order valence-electron chi connectivity index (χ1n) is 9.02. The summed E-state index contributed by atoms with van der Waals surface area (Å²) in [4.78, 5) is 17.0. The van der Waals surface area contributed by atoms with E-state index in [-0.39, 0.29) is 5.97 Å². The van der Waals surface area contributed by atoms with Crippen LogP contribution in [0.5, 0.6) is 0 Å². The number of hydrogen-bond acceptors (Lipinski definition) is 4. The number of fused-ring (bicyclic) bond motifs is 1. The predicted molar refractivity (Wildman–Crippen MR) is 98.9 cm³/mol. The molecule has 0 spiro atoms. The number of carbonyl (C=O) groups is 1. The molecule has 0 radical (unpaired) electrons. The zero-order chi connectivity index (χ0) is 18.0. The Morgan fingerprint density at radius 2 is 1.84 bits per heavy atom. The normalized spacial score (nSPS) is 21.3. The van der Waals surface area contributed by atoms with Gasteiger partial charge in [-0.25, -0.2) is 4.79 Å². The summed E-state index contributed by atoms with van der Waals surface area (Å²) in [5.74, 6) is 0.225. The smallest absolute Gasteiger partial charge is 0.339 e. The van der Waals surface area contributed by atoms with Crippen molar-refractivity contribution in [2.75, 3.05) is 7.11 Å². The standard InChI is InChI=1S/C21H27NO3/c1-21(2,3)25-20(23)17-11-12-22-19-10-7-15(13-18(17)19)14-5-8-16(24-4)9-6-14/h7,10-14,16H,5-6,8-9H2,1-4H3. The van der Waals surface area contributed by atoms with Gasteiger partial charge in [0.1, 0.15) is 5.60 Å². The molecule has 1 aliphatic rings. The fraction of sp³-hybridized carbons (Fsp3) is 0.524. The summed E-state index contributed by atoms with van der Waals surface area (Å²) in [5.41, 5.74) is 2.19. The van der Waals surface area contributed by atoms with Gasteiger partial charge in [0.15, 0.2) is 0 Å². The third-order valence-corrected chi connectivity index (χ3v) is 4.86. The molecule has 25 heavy (non-hydrogen) atoms. The average Bonchev–Trinajstić information content (AvgIpc) is 2.59. The van der Waals surface area contributed by atoms with Crippen LogP contribution >= 0.6 is 0 Å². The first-order valence-corrected chi connectivity index (χ1v) is 9.02. The fourth-order valence-electron chi connectivity index (χ4n) is 3.56. The quantitative estimate of drug-likeness (QED) is 0.748. The van der Waals surface area contributed by atoms with Crippen LogP contribution in [0.1, 0.15) is 68.3 Å². The van der Waals surface area contributed by atoms with E-state index >= 15 is 0 Å². The highest BCUT2D eigenvalue weighted by Gasteiger charge is 2.24. The minimum absolute atomic E-state index is 0.292. The summed E-state index contributed by atoms with van der Waals surface area (Å²) in [6, 6.07) is 8.04. The molecule has 0 amide bonds. The van der Waals surface area contributed by atoms with Crippen molar-refractivity contribution in [3.8, 4) is 0 Å². The highest BCUT2D eigenvalue weighted by Crippen LogP contribution is 2.35. The van der Waals surface area contributed by atoms with Gasteiger partial charge in [-0.3, -0.25) is 4.98 Å². The maximum atomic E-state index is 12.6. The summed E-state index contributed by atoms with van der Waals surface area (Å²) in [5, 5.41) is 0.878. The number of nitrogens with zero attached hydrogens (tertiary/aromatic N) is 1. The SMILES string of the molecule is COC1CCC(c2ccc3nccc(C(=O)OC(C)(C)C)c3c2)CC1. The number of hydrogen-bond donors (Lipinski definition) is 0.